The molecule has 0 spiro atoms. The molecule has 0 saturated carbocycles. The first-order valence-corrected chi connectivity index (χ1v) is 6.60. The van der Waals surface area contributed by atoms with Crippen molar-refractivity contribution >= 4 is 29.0 Å². The Hall–Kier alpha value is -0.610. The van der Waals surface area contributed by atoms with Crippen molar-refractivity contribution in [1.29, 1.82) is 0 Å². The van der Waals surface area contributed by atoms with Crippen molar-refractivity contribution in [3.63, 3.8) is 0 Å². The molecule has 0 N–H and O–H groups in total. The molecule has 0 amide bonds. The van der Waals surface area contributed by atoms with Gasteiger partial charge in [-0.05, 0) is 31.0 Å². The number of rotatable bonds is 5. The van der Waals surface area contributed by atoms with E-state index in [1.165, 1.54) is 0 Å². The average molecular weight is 289 g/mol. The second-order valence-corrected chi connectivity index (χ2v) is 5.04. The molecule has 1 aromatic carbocycles. The van der Waals surface area contributed by atoms with Crippen LogP contribution in [0.4, 0.5) is 0 Å². The van der Waals surface area contributed by atoms with E-state index in [1.54, 1.807) is 18.2 Å². The van der Waals surface area contributed by atoms with Gasteiger partial charge < -0.3 is 9.47 Å². The first-order valence-electron chi connectivity index (χ1n) is 5.84. The van der Waals surface area contributed by atoms with E-state index in [4.69, 9.17) is 32.7 Å². The molecule has 1 fully saturated rings. The van der Waals surface area contributed by atoms with E-state index < -0.39 is 0 Å². The van der Waals surface area contributed by atoms with Gasteiger partial charge in [0.25, 0.3) is 0 Å². The Bertz CT molecular complexity index is 428. The number of hydrogen-bond acceptors (Lipinski definition) is 3. The minimum Gasteiger partial charge on any atom is -0.376 e. The lowest BCUT2D eigenvalue weighted by atomic mass is 10.1. The normalized spacial score (nSPS) is 19.1. The number of ketones is 1. The monoisotopic (exact) mass is 288 g/mol. The molecule has 5 heteroatoms. The van der Waals surface area contributed by atoms with E-state index >= 15 is 0 Å². The van der Waals surface area contributed by atoms with Gasteiger partial charge in [0.1, 0.15) is 6.61 Å². The molecule has 1 saturated heterocycles. The third kappa shape index (κ3) is 3.69. The van der Waals surface area contributed by atoms with Crippen LogP contribution < -0.4 is 0 Å². The van der Waals surface area contributed by atoms with E-state index in [2.05, 4.69) is 0 Å². The van der Waals surface area contributed by atoms with E-state index in [-0.39, 0.29) is 18.5 Å². The molecule has 18 heavy (non-hydrogen) atoms. The van der Waals surface area contributed by atoms with Crippen molar-refractivity contribution in [2.75, 3.05) is 19.8 Å². The number of carbonyl (C=O) groups excluding carboxylic acids is 1. The second-order valence-electron chi connectivity index (χ2n) is 4.20. The molecule has 2 rings (SSSR count). The summed E-state index contributed by atoms with van der Waals surface area (Å²) in [6.07, 6.45) is 2.18. The topological polar surface area (TPSA) is 35.5 Å². The summed E-state index contributed by atoms with van der Waals surface area (Å²) in [5.41, 5.74) is 0.438. The molecule has 98 valence electrons. The lowest BCUT2D eigenvalue weighted by molar-refractivity contribution is 0.0190. The first kappa shape index (κ1) is 13.8. The van der Waals surface area contributed by atoms with Crippen LogP contribution in [-0.2, 0) is 9.47 Å². The summed E-state index contributed by atoms with van der Waals surface area (Å²) in [6, 6.07) is 4.81. The first-order chi connectivity index (χ1) is 8.66. The van der Waals surface area contributed by atoms with Gasteiger partial charge in [0.05, 0.1) is 17.7 Å². The fourth-order valence-electron chi connectivity index (χ4n) is 1.85. The minimum atomic E-state index is -0.144. The predicted octanol–water partition coefficient (Wildman–Crippen LogP) is 3.37. The van der Waals surface area contributed by atoms with Crippen LogP contribution in [-0.4, -0.2) is 31.7 Å². The maximum absolute atomic E-state index is 11.9. The van der Waals surface area contributed by atoms with E-state index in [9.17, 15) is 4.79 Å². The highest BCUT2D eigenvalue weighted by atomic mass is 35.5. The van der Waals surface area contributed by atoms with Crippen molar-refractivity contribution in [3.05, 3.63) is 33.8 Å². The Labute approximate surface area is 116 Å². The Balaban J connectivity index is 1.83. The minimum absolute atomic E-state index is 0.0151. The summed E-state index contributed by atoms with van der Waals surface area (Å²) in [7, 11) is 0. The lowest BCUT2D eigenvalue weighted by Gasteiger charge is -2.10. The maximum Gasteiger partial charge on any atom is 0.189 e. The summed E-state index contributed by atoms with van der Waals surface area (Å²) in [6.45, 7) is 1.25. The number of hydrogen-bond donors (Lipinski definition) is 0. The molecule has 0 radical (unpaired) electrons. The Morgan fingerprint density at radius 2 is 2.28 bits per heavy atom. The largest absolute Gasteiger partial charge is 0.376 e. The third-order valence-electron chi connectivity index (χ3n) is 2.79. The Morgan fingerprint density at radius 1 is 1.44 bits per heavy atom. The van der Waals surface area contributed by atoms with Gasteiger partial charge in [0.15, 0.2) is 5.78 Å². The van der Waals surface area contributed by atoms with E-state index in [0.717, 1.165) is 19.4 Å². The zero-order chi connectivity index (χ0) is 13.0. The quantitative estimate of drug-likeness (QED) is 0.780. The second kappa shape index (κ2) is 6.53. The molecule has 0 aromatic heterocycles. The van der Waals surface area contributed by atoms with Crippen LogP contribution in [0, 0.1) is 0 Å². The van der Waals surface area contributed by atoms with Crippen LogP contribution in [0.25, 0.3) is 0 Å². The van der Waals surface area contributed by atoms with Crippen LogP contribution in [0.1, 0.15) is 23.2 Å². The van der Waals surface area contributed by atoms with Crippen LogP contribution in [0.3, 0.4) is 0 Å². The molecule has 0 aliphatic carbocycles. The van der Waals surface area contributed by atoms with Crippen molar-refractivity contribution < 1.29 is 14.3 Å². The smallest absolute Gasteiger partial charge is 0.189 e. The van der Waals surface area contributed by atoms with Crippen molar-refractivity contribution in [2.45, 2.75) is 18.9 Å². The highest BCUT2D eigenvalue weighted by Gasteiger charge is 2.17. The summed E-state index contributed by atoms with van der Waals surface area (Å²) in [4.78, 5) is 11.9. The molecule has 1 atom stereocenters. The molecule has 1 aromatic rings. The van der Waals surface area contributed by atoms with Crippen molar-refractivity contribution in [1.82, 2.24) is 0 Å². The van der Waals surface area contributed by atoms with Gasteiger partial charge >= 0.3 is 0 Å². The van der Waals surface area contributed by atoms with Crippen molar-refractivity contribution in [2.24, 2.45) is 0 Å². The van der Waals surface area contributed by atoms with E-state index in [1.807, 2.05) is 0 Å². The molecule has 1 heterocycles. The lowest BCUT2D eigenvalue weighted by Crippen LogP contribution is -2.18. The fraction of sp³-hybridized carbons (Fsp3) is 0.462. The van der Waals surface area contributed by atoms with E-state index in [0.29, 0.717) is 22.2 Å². The molecule has 1 unspecified atom stereocenters. The van der Waals surface area contributed by atoms with Crippen LogP contribution >= 0.6 is 23.2 Å². The summed E-state index contributed by atoms with van der Waals surface area (Å²) in [5, 5.41) is 0.866. The fourth-order valence-corrected chi connectivity index (χ4v) is 2.37. The molecular weight excluding hydrogens is 275 g/mol. The molecular formula is C13H14Cl2O3. The van der Waals surface area contributed by atoms with Crippen LogP contribution in [0.15, 0.2) is 18.2 Å². The third-order valence-corrected chi connectivity index (χ3v) is 3.34. The predicted molar refractivity (Wildman–Crippen MR) is 70.6 cm³/mol. The number of benzene rings is 1. The number of ether oxygens (including phenoxy) is 2. The van der Waals surface area contributed by atoms with Gasteiger partial charge in [-0.1, -0.05) is 23.2 Å². The Kier molecular flexibility index (Phi) is 5.01. The average Bonchev–Trinajstić information content (AvgIpc) is 2.81. The summed E-state index contributed by atoms with van der Waals surface area (Å²) in [5.74, 6) is -0.144. The van der Waals surface area contributed by atoms with Gasteiger partial charge in [-0.25, -0.2) is 0 Å². The number of halogens is 2. The molecule has 0 bridgehead atoms. The highest BCUT2D eigenvalue weighted by molar-refractivity contribution is 6.36. The maximum atomic E-state index is 11.9. The standard InChI is InChI=1S/C13H14Cl2O3/c14-9-3-4-11(12(15)6-9)13(16)8-17-7-10-2-1-5-18-10/h3-4,6,10H,1-2,5,7-8H2. The Morgan fingerprint density at radius 3 is 2.94 bits per heavy atom. The summed E-state index contributed by atoms with van der Waals surface area (Å²) < 4.78 is 10.8. The summed E-state index contributed by atoms with van der Waals surface area (Å²) >= 11 is 11.7. The number of carbonyl (C=O) groups is 1. The van der Waals surface area contributed by atoms with Crippen LogP contribution in [0.2, 0.25) is 10.0 Å². The number of Topliss-reactive ketones (excluding diaryl/α,β-unsaturated/α-hetero) is 1. The van der Waals surface area contributed by atoms with Gasteiger partial charge in [-0.3, -0.25) is 4.79 Å². The zero-order valence-electron chi connectivity index (χ0n) is 9.83. The van der Waals surface area contributed by atoms with Gasteiger partial charge in [0.2, 0.25) is 0 Å². The van der Waals surface area contributed by atoms with Gasteiger partial charge in [-0.15, -0.1) is 0 Å². The molecule has 1 aliphatic rings. The van der Waals surface area contributed by atoms with Crippen LogP contribution in [0.5, 0.6) is 0 Å². The van der Waals surface area contributed by atoms with Gasteiger partial charge in [-0.2, -0.15) is 0 Å². The van der Waals surface area contributed by atoms with Crippen molar-refractivity contribution in [3.8, 4) is 0 Å². The zero-order valence-corrected chi connectivity index (χ0v) is 11.3. The molecule has 1 aliphatic heterocycles. The highest BCUT2D eigenvalue weighted by Crippen LogP contribution is 2.21. The van der Waals surface area contributed by atoms with Gasteiger partial charge in [0, 0.05) is 17.2 Å². The SMILES string of the molecule is O=C(COCC1CCCO1)c1ccc(Cl)cc1Cl. The molecule has 3 nitrogen and oxygen atoms in total.